The summed E-state index contributed by atoms with van der Waals surface area (Å²) < 4.78 is 2.56. The average molecular weight is 358 g/mol. The zero-order valence-corrected chi connectivity index (χ0v) is 16.8. The lowest BCUT2D eigenvalue weighted by Gasteiger charge is -2.25. The Kier molecular flexibility index (Phi) is 3.76. The van der Waals surface area contributed by atoms with E-state index in [1.165, 1.54) is 50.3 Å². The lowest BCUT2D eigenvalue weighted by molar-refractivity contribution is 0.311. The lowest BCUT2D eigenvalue weighted by atomic mass is 10.0. The van der Waals surface area contributed by atoms with Gasteiger partial charge >= 0.3 is 0 Å². The van der Waals surface area contributed by atoms with Crippen LogP contribution in [0.4, 0.5) is 0 Å². The number of hydrogen-bond acceptors (Lipinski definition) is 2. The third-order valence-corrected chi connectivity index (χ3v) is 6.32. The Morgan fingerprint density at radius 3 is 2.74 bits per heavy atom. The van der Waals surface area contributed by atoms with Crippen molar-refractivity contribution in [2.75, 3.05) is 13.6 Å². The molecule has 3 aromatic rings. The number of fused-ring (bicyclic) bond motifs is 4. The molecule has 0 fully saturated rings. The van der Waals surface area contributed by atoms with E-state index in [-0.39, 0.29) is 0 Å². The van der Waals surface area contributed by atoms with Crippen LogP contribution in [0.15, 0.2) is 30.3 Å². The second-order valence-corrected chi connectivity index (χ2v) is 8.28. The van der Waals surface area contributed by atoms with E-state index in [1.54, 1.807) is 0 Å². The van der Waals surface area contributed by atoms with Crippen LogP contribution in [-0.2, 0) is 19.4 Å². The molecule has 1 aliphatic heterocycles. The van der Waals surface area contributed by atoms with Gasteiger partial charge in [-0.2, -0.15) is 0 Å². The summed E-state index contributed by atoms with van der Waals surface area (Å²) in [6, 6.07) is 11.4. The Labute approximate surface area is 161 Å². The Balaban J connectivity index is 1.77. The molecule has 138 valence electrons. The Morgan fingerprint density at radius 2 is 1.89 bits per heavy atom. The van der Waals surface area contributed by atoms with E-state index >= 15 is 0 Å². The van der Waals surface area contributed by atoms with E-state index in [4.69, 9.17) is 4.98 Å². The van der Waals surface area contributed by atoms with Crippen molar-refractivity contribution >= 4 is 22.2 Å². The maximum atomic E-state index is 4.79. The van der Waals surface area contributed by atoms with Gasteiger partial charge in [-0.05, 0) is 70.0 Å². The van der Waals surface area contributed by atoms with Gasteiger partial charge < -0.3 is 9.47 Å². The number of nitrogens with zero attached hydrogens (tertiary/aromatic N) is 3. The first-order valence-electron chi connectivity index (χ1n) is 10.0. The molecule has 0 saturated heterocycles. The number of benzene rings is 1. The number of aryl methyl sites for hydroxylation is 3. The summed E-state index contributed by atoms with van der Waals surface area (Å²) in [7, 11) is 2.23. The number of rotatable bonds is 1. The quantitative estimate of drug-likeness (QED) is 0.613. The van der Waals surface area contributed by atoms with Gasteiger partial charge in [0.05, 0.1) is 5.52 Å². The molecule has 0 amide bonds. The van der Waals surface area contributed by atoms with Gasteiger partial charge in [0.1, 0.15) is 0 Å². The Bertz CT molecular complexity index is 1100. The number of hydrogen-bond donors (Lipinski definition) is 0. The molecule has 2 aromatic heterocycles. The van der Waals surface area contributed by atoms with Crippen molar-refractivity contribution in [3.8, 4) is 0 Å². The normalized spacial score (nSPS) is 18.7. The van der Waals surface area contributed by atoms with E-state index in [0.717, 1.165) is 38.0 Å². The minimum absolute atomic E-state index is 1.04. The summed E-state index contributed by atoms with van der Waals surface area (Å²) in [4.78, 5) is 7.23. The van der Waals surface area contributed by atoms with E-state index in [9.17, 15) is 0 Å². The molecule has 1 aromatic carbocycles. The van der Waals surface area contributed by atoms with Crippen molar-refractivity contribution in [2.24, 2.45) is 0 Å². The maximum Gasteiger partial charge on any atom is 0.0531 e. The van der Waals surface area contributed by atoms with Gasteiger partial charge in [0.25, 0.3) is 0 Å². The first kappa shape index (κ1) is 16.8. The van der Waals surface area contributed by atoms with E-state index in [2.05, 4.69) is 67.6 Å². The molecule has 27 heavy (non-hydrogen) atoms. The molecule has 3 heteroatoms. The number of allylic oxidation sites excluding steroid dienone is 2. The minimum atomic E-state index is 1.04. The topological polar surface area (TPSA) is 21.1 Å². The van der Waals surface area contributed by atoms with Gasteiger partial charge in [-0.1, -0.05) is 17.7 Å². The van der Waals surface area contributed by atoms with Gasteiger partial charge in [0.2, 0.25) is 0 Å². The lowest BCUT2D eigenvalue weighted by Crippen LogP contribution is -2.27. The zero-order valence-electron chi connectivity index (χ0n) is 16.8. The summed E-state index contributed by atoms with van der Waals surface area (Å²) in [5.41, 5.74) is 12.3. The minimum Gasteiger partial charge on any atom is -0.317 e. The first-order chi connectivity index (χ1) is 13.0. The van der Waals surface area contributed by atoms with Crippen LogP contribution in [0.2, 0.25) is 0 Å². The SMILES string of the molecule is CC(=C1CCc2nc(C)ccc21)n1c2c(c3cc(C)ccc31)CN(C)CC2. The maximum absolute atomic E-state index is 4.79. The van der Waals surface area contributed by atoms with Crippen molar-refractivity contribution < 1.29 is 0 Å². The fourth-order valence-electron chi connectivity index (χ4n) is 4.96. The highest BCUT2D eigenvalue weighted by atomic mass is 15.1. The Morgan fingerprint density at radius 1 is 1.04 bits per heavy atom. The molecule has 0 saturated carbocycles. The van der Waals surface area contributed by atoms with Crippen LogP contribution in [-0.4, -0.2) is 28.0 Å². The van der Waals surface area contributed by atoms with E-state index in [0.29, 0.717) is 0 Å². The van der Waals surface area contributed by atoms with Crippen molar-refractivity contribution in [1.29, 1.82) is 0 Å². The van der Waals surface area contributed by atoms with Gasteiger partial charge in [-0.15, -0.1) is 0 Å². The van der Waals surface area contributed by atoms with Crippen LogP contribution < -0.4 is 0 Å². The largest absolute Gasteiger partial charge is 0.317 e. The van der Waals surface area contributed by atoms with E-state index < -0.39 is 0 Å². The summed E-state index contributed by atoms with van der Waals surface area (Å²) in [5, 5.41) is 1.43. The summed E-state index contributed by atoms with van der Waals surface area (Å²) >= 11 is 0. The molecule has 2 aliphatic rings. The molecule has 3 heterocycles. The molecule has 0 unspecified atom stereocenters. The molecule has 0 spiro atoms. The third kappa shape index (κ3) is 2.56. The molecule has 3 nitrogen and oxygen atoms in total. The van der Waals surface area contributed by atoms with E-state index in [1.807, 2.05) is 0 Å². The van der Waals surface area contributed by atoms with Crippen LogP contribution in [0.3, 0.4) is 0 Å². The molecular formula is C24H27N3. The summed E-state index contributed by atoms with van der Waals surface area (Å²) in [5.74, 6) is 0. The van der Waals surface area contributed by atoms with Crippen molar-refractivity contribution in [2.45, 2.75) is 46.6 Å². The molecule has 1 aliphatic carbocycles. The molecule has 0 bridgehead atoms. The highest BCUT2D eigenvalue weighted by molar-refractivity contribution is 5.94. The van der Waals surface area contributed by atoms with Gasteiger partial charge in [0, 0.05) is 53.2 Å². The van der Waals surface area contributed by atoms with Crippen molar-refractivity contribution in [3.05, 3.63) is 64.1 Å². The van der Waals surface area contributed by atoms with Gasteiger partial charge in [0.15, 0.2) is 0 Å². The van der Waals surface area contributed by atoms with Gasteiger partial charge in [-0.25, -0.2) is 0 Å². The molecule has 0 atom stereocenters. The van der Waals surface area contributed by atoms with Gasteiger partial charge in [-0.3, -0.25) is 4.98 Å². The highest BCUT2D eigenvalue weighted by Gasteiger charge is 2.26. The third-order valence-electron chi connectivity index (χ3n) is 6.32. The van der Waals surface area contributed by atoms with Crippen molar-refractivity contribution in [1.82, 2.24) is 14.5 Å². The molecule has 5 rings (SSSR count). The number of pyridine rings is 1. The average Bonchev–Trinajstić information content (AvgIpc) is 3.19. The summed E-state index contributed by atoms with van der Waals surface area (Å²) in [6.45, 7) is 8.76. The van der Waals surface area contributed by atoms with Crippen molar-refractivity contribution in [3.63, 3.8) is 0 Å². The smallest absolute Gasteiger partial charge is 0.0531 e. The zero-order chi connectivity index (χ0) is 18.7. The van der Waals surface area contributed by atoms with Crippen LogP contribution in [0.25, 0.3) is 22.2 Å². The first-order valence-corrected chi connectivity index (χ1v) is 10.0. The second-order valence-electron chi connectivity index (χ2n) is 8.28. The number of likely N-dealkylation sites (N-methyl/N-ethyl adjacent to an activating group) is 1. The molecular weight excluding hydrogens is 330 g/mol. The second kappa shape index (κ2) is 6.07. The van der Waals surface area contributed by atoms with Crippen LogP contribution >= 0.6 is 0 Å². The fraction of sp³-hybridized carbons (Fsp3) is 0.375. The van der Waals surface area contributed by atoms with Crippen LogP contribution in [0, 0.1) is 13.8 Å². The predicted molar refractivity (Wildman–Crippen MR) is 113 cm³/mol. The summed E-state index contributed by atoms with van der Waals surface area (Å²) in [6.07, 6.45) is 3.27. The number of aromatic nitrogens is 2. The fourth-order valence-corrected chi connectivity index (χ4v) is 4.96. The molecule has 0 radical (unpaired) electrons. The van der Waals surface area contributed by atoms with Crippen LogP contribution in [0.5, 0.6) is 0 Å². The molecule has 0 N–H and O–H groups in total. The standard InChI is InChI=1S/C24H27N3/c1-15-5-10-23-20(13-15)21-14-26(4)12-11-24(21)27(23)17(3)18-8-9-22-19(18)7-6-16(2)25-22/h5-7,10,13H,8-9,11-12,14H2,1-4H3. The predicted octanol–water partition coefficient (Wildman–Crippen LogP) is 4.98. The monoisotopic (exact) mass is 357 g/mol. The highest BCUT2D eigenvalue weighted by Crippen LogP contribution is 2.39. The van der Waals surface area contributed by atoms with Crippen LogP contribution in [0.1, 0.15) is 47.1 Å². The Hall–Kier alpha value is -2.39.